The van der Waals surface area contributed by atoms with Crippen LogP contribution in [0.2, 0.25) is 0 Å². The summed E-state index contributed by atoms with van der Waals surface area (Å²) < 4.78 is 9.59. The van der Waals surface area contributed by atoms with Gasteiger partial charge >= 0.3 is 0 Å². The molecule has 0 radical (unpaired) electrons. The minimum Gasteiger partial charge on any atom is -0.368 e. The normalized spacial score (nSPS) is 16.9. The second-order valence-corrected chi connectivity index (χ2v) is 7.42. The monoisotopic (exact) mass is 397 g/mol. The fourth-order valence-corrected chi connectivity index (χ4v) is 3.87. The molecule has 1 aliphatic rings. The van der Waals surface area contributed by atoms with Crippen LogP contribution in [0.25, 0.3) is 5.65 Å². The van der Waals surface area contributed by atoms with Crippen molar-refractivity contribution in [3.63, 3.8) is 0 Å². The van der Waals surface area contributed by atoms with E-state index in [-0.39, 0.29) is 5.91 Å². The van der Waals surface area contributed by atoms with E-state index in [1.807, 2.05) is 21.5 Å². The molecular weight excluding hydrogens is 370 g/mol. The van der Waals surface area contributed by atoms with Gasteiger partial charge in [-0.3, -0.25) is 23.8 Å². The zero-order valence-corrected chi connectivity index (χ0v) is 16.9. The van der Waals surface area contributed by atoms with Gasteiger partial charge in [0.15, 0.2) is 5.65 Å². The SMILES string of the molecule is CCn1cc(CN2CCC(OC)(C(=O)NCc3cnc4cnccn34)CC2)cn1. The first-order chi connectivity index (χ1) is 14.1. The second kappa shape index (κ2) is 8.30. The van der Waals surface area contributed by atoms with E-state index in [1.54, 1.807) is 25.7 Å². The van der Waals surface area contributed by atoms with Gasteiger partial charge in [0.1, 0.15) is 5.60 Å². The number of likely N-dealkylation sites (tertiary alicyclic amines) is 1. The topological polar surface area (TPSA) is 89.6 Å². The molecular formula is C20H27N7O2. The van der Waals surface area contributed by atoms with Gasteiger partial charge in [-0.25, -0.2) is 4.98 Å². The minimum atomic E-state index is -0.786. The average molecular weight is 397 g/mol. The van der Waals surface area contributed by atoms with E-state index in [2.05, 4.69) is 38.4 Å². The number of nitrogens with zero attached hydrogens (tertiary/aromatic N) is 6. The lowest BCUT2D eigenvalue weighted by Gasteiger charge is -2.39. The number of imidazole rings is 1. The molecule has 154 valence electrons. The Bertz CT molecular complexity index is 972. The van der Waals surface area contributed by atoms with E-state index >= 15 is 0 Å². The van der Waals surface area contributed by atoms with Crippen LogP contribution in [0.15, 0.2) is 37.2 Å². The lowest BCUT2D eigenvalue weighted by Crippen LogP contribution is -2.54. The van der Waals surface area contributed by atoms with Crippen molar-refractivity contribution in [1.82, 2.24) is 34.4 Å². The molecule has 0 bridgehead atoms. The van der Waals surface area contributed by atoms with E-state index in [4.69, 9.17) is 4.74 Å². The fourth-order valence-electron chi connectivity index (χ4n) is 3.87. The first-order valence-corrected chi connectivity index (χ1v) is 9.96. The summed E-state index contributed by atoms with van der Waals surface area (Å²) in [6, 6.07) is 0. The van der Waals surface area contributed by atoms with Crippen molar-refractivity contribution in [1.29, 1.82) is 0 Å². The molecule has 4 rings (SSSR count). The Labute approximate surface area is 169 Å². The number of aryl methyl sites for hydroxylation is 1. The molecule has 4 heterocycles. The van der Waals surface area contributed by atoms with Crippen LogP contribution in [0.1, 0.15) is 31.0 Å². The molecule has 1 saturated heterocycles. The van der Waals surface area contributed by atoms with Gasteiger partial charge in [-0.2, -0.15) is 5.10 Å². The number of amides is 1. The first-order valence-electron chi connectivity index (χ1n) is 9.96. The van der Waals surface area contributed by atoms with Crippen LogP contribution in [-0.4, -0.2) is 60.8 Å². The maximum Gasteiger partial charge on any atom is 0.252 e. The summed E-state index contributed by atoms with van der Waals surface area (Å²) in [6.07, 6.45) is 12.3. The Balaban J connectivity index is 1.34. The summed E-state index contributed by atoms with van der Waals surface area (Å²) in [5.74, 6) is -0.0672. The highest BCUT2D eigenvalue weighted by molar-refractivity contribution is 5.85. The quantitative estimate of drug-likeness (QED) is 0.645. The smallest absolute Gasteiger partial charge is 0.252 e. The van der Waals surface area contributed by atoms with Crippen molar-refractivity contribution < 1.29 is 9.53 Å². The number of piperidine rings is 1. The number of fused-ring (bicyclic) bond motifs is 1. The molecule has 1 amide bonds. The van der Waals surface area contributed by atoms with Crippen molar-refractivity contribution in [3.05, 3.63) is 48.4 Å². The van der Waals surface area contributed by atoms with Crippen LogP contribution in [0.3, 0.4) is 0 Å². The maximum atomic E-state index is 13.0. The molecule has 1 fully saturated rings. The summed E-state index contributed by atoms with van der Waals surface area (Å²) in [5, 5.41) is 7.37. The fraction of sp³-hybridized carbons (Fsp3) is 0.500. The molecule has 1 N–H and O–H groups in total. The Morgan fingerprint density at radius 2 is 2.10 bits per heavy atom. The van der Waals surface area contributed by atoms with Gasteiger partial charge in [0.05, 0.1) is 30.8 Å². The third kappa shape index (κ3) is 4.01. The maximum absolute atomic E-state index is 13.0. The molecule has 1 aliphatic heterocycles. The van der Waals surface area contributed by atoms with Gasteiger partial charge in [-0.05, 0) is 19.8 Å². The summed E-state index contributed by atoms with van der Waals surface area (Å²) >= 11 is 0. The molecule has 0 atom stereocenters. The lowest BCUT2D eigenvalue weighted by atomic mass is 9.90. The highest BCUT2D eigenvalue weighted by Crippen LogP contribution is 2.27. The third-order valence-electron chi connectivity index (χ3n) is 5.71. The molecule has 3 aromatic heterocycles. The Morgan fingerprint density at radius 3 is 2.83 bits per heavy atom. The number of aromatic nitrogens is 5. The standard InChI is InChI=1S/C20H27N7O2/c1-3-26-15-16(10-24-26)14-25-7-4-20(29-2,5-8-25)19(28)23-12-17-11-22-18-13-21-6-9-27(17)18/h6,9-11,13,15H,3-5,7-8,12,14H2,1-2H3,(H,23,28). The van der Waals surface area contributed by atoms with Crippen LogP contribution in [-0.2, 0) is 29.2 Å². The highest BCUT2D eigenvalue weighted by Gasteiger charge is 2.41. The Kier molecular flexibility index (Phi) is 5.59. The number of methoxy groups -OCH3 is 1. The van der Waals surface area contributed by atoms with Gasteiger partial charge in [-0.15, -0.1) is 0 Å². The van der Waals surface area contributed by atoms with Crippen molar-refractivity contribution >= 4 is 11.6 Å². The molecule has 0 aromatic carbocycles. The highest BCUT2D eigenvalue weighted by atomic mass is 16.5. The second-order valence-electron chi connectivity index (χ2n) is 7.42. The molecule has 9 heteroatoms. The zero-order valence-electron chi connectivity index (χ0n) is 16.9. The number of ether oxygens (including phenoxy) is 1. The predicted octanol–water partition coefficient (Wildman–Crippen LogP) is 1.24. The van der Waals surface area contributed by atoms with Crippen LogP contribution >= 0.6 is 0 Å². The van der Waals surface area contributed by atoms with Gasteiger partial charge in [-0.1, -0.05) is 0 Å². The number of hydrogen-bond donors (Lipinski definition) is 1. The van der Waals surface area contributed by atoms with Crippen LogP contribution in [0.4, 0.5) is 0 Å². The molecule has 0 saturated carbocycles. The van der Waals surface area contributed by atoms with E-state index in [1.165, 1.54) is 5.56 Å². The van der Waals surface area contributed by atoms with E-state index in [0.29, 0.717) is 19.4 Å². The number of nitrogens with one attached hydrogen (secondary N) is 1. The van der Waals surface area contributed by atoms with Crippen LogP contribution in [0.5, 0.6) is 0 Å². The van der Waals surface area contributed by atoms with Crippen molar-refractivity contribution in [3.8, 4) is 0 Å². The molecule has 0 unspecified atom stereocenters. The third-order valence-corrected chi connectivity index (χ3v) is 5.71. The number of rotatable bonds is 7. The van der Waals surface area contributed by atoms with Crippen LogP contribution < -0.4 is 5.32 Å². The number of carbonyl (C=O) groups is 1. The largest absolute Gasteiger partial charge is 0.368 e. The molecule has 0 aliphatic carbocycles. The van der Waals surface area contributed by atoms with Gasteiger partial charge < -0.3 is 10.1 Å². The van der Waals surface area contributed by atoms with Crippen molar-refractivity contribution in [2.24, 2.45) is 0 Å². The first kappa shape index (κ1) is 19.5. The Morgan fingerprint density at radius 1 is 1.28 bits per heavy atom. The summed E-state index contributed by atoms with van der Waals surface area (Å²) in [6.45, 7) is 5.80. The van der Waals surface area contributed by atoms with Crippen molar-refractivity contribution in [2.45, 2.75) is 45.0 Å². The van der Waals surface area contributed by atoms with Gasteiger partial charge in [0.25, 0.3) is 5.91 Å². The van der Waals surface area contributed by atoms with Gasteiger partial charge in [0, 0.05) is 57.4 Å². The zero-order chi connectivity index (χ0) is 20.3. The molecule has 29 heavy (non-hydrogen) atoms. The predicted molar refractivity (Wildman–Crippen MR) is 107 cm³/mol. The molecule has 0 spiro atoms. The summed E-state index contributed by atoms with van der Waals surface area (Å²) in [4.78, 5) is 23.7. The summed E-state index contributed by atoms with van der Waals surface area (Å²) in [7, 11) is 1.63. The van der Waals surface area contributed by atoms with E-state index in [0.717, 1.165) is 37.5 Å². The van der Waals surface area contributed by atoms with Gasteiger partial charge in [0.2, 0.25) is 0 Å². The number of carbonyl (C=O) groups excluding carboxylic acids is 1. The Hall–Kier alpha value is -2.78. The lowest BCUT2D eigenvalue weighted by molar-refractivity contribution is -0.150. The minimum absolute atomic E-state index is 0.0672. The number of hydrogen-bond acceptors (Lipinski definition) is 6. The molecule has 9 nitrogen and oxygen atoms in total. The molecule has 3 aromatic rings. The van der Waals surface area contributed by atoms with Crippen molar-refractivity contribution in [2.75, 3.05) is 20.2 Å². The van der Waals surface area contributed by atoms with Crippen LogP contribution in [0, 0.1) is 0 Å². The average Bonchev–Trinajstić information content (AvgIpc) is 3.39. The van der Waals surface area contributed by atoms with E-state index < -0.39 is 5.60 Å². The summed E-state index contributed by atoms with van der Waals surface area (Å²) in [5.41, 5.74) is 2.08. The van der Waals surface area contributed by atoms with E-state index in [9.17, 15) is 4.79 Å².